The van der Waals surface area contributed by atoms with E-state index < -0.39 is 0 Å². The summed E-state index contributed by atoms with van der Waals surface area (Å²) in [5.74, 6) is 0. The number of fused-ring (bicyclic) bond motifs is 1. The smallest absolute Gasteiger partial charge is 0.0765 e. The molecule has 112 valence electrons. The third kappa shape index (κ3) is 2.95. The van der Waals surface area contributed by atoms with Crippen LogP contribution in [-0.2, 0) is 19.6 Å². The number of nitrogens with two attached hydrogens (primary N) is 1. The predicted octanol–water partition coefficient (Wildman–Crippen LogP) is 3.34. The maximum absolute atomic E-state index is 5.86. The standard InChI is InChI=1S/C17H24N4/c1-3-17(4-2)21-8-7-16(19-21)12-20-10-13-5-6-15(18)9-14(13)11-20/h5-9,17H,3-4,10-12,18H2,1-2H3. The van der Waals surface area contributed by atoms with Crippen molar-refractivity contribution in [1.29, 1.82) is 0 Å². The maximum atomic E-state index is 5.86. The van der Waals surface area contributed by atoms with Crippen LogP contribution in [0.4, 0.5) is 5.69 Å². The van der Waals surface area contributed by atoms with Crippen molar-refractivity contribution in [2.75, 3.05) is 5.73 Å². The monoisotopic (exact) mass is 284 g/mol. The van der Waals surface area contributed by atoms with Crippen molar-refractivity contribution in [1.82, 2.24) is 14.7 Å². The quantitative estimate of drug-likeness (QED) is 0.857. The van der Waals surface area contributed by atoms with Crippen molar-refractivity contribution in [3.8, 4) is 0 Å². The van der Waals surface area contributed by atoms with Crippen molar-refractivity contribution in [2.24, 2.45) is 0 Å². The highest BCUT2D eigenvalue weighted by atomic mass is 15.3. The Morgan fingerprint density at radius 3 is 2.67 bits per heavy atom. The van der Waals surface area contributed by atoms with Crippen molar-refractivity contribution in [2.45, 2.75) is 52.4 Å². The molecule has 0 saturated heterocycles. The van der Waals surface area contributed by atoms with Crippen molar-refractivity contribution in [3.63, 3.8) is 0 Å². The Hall–Kier alpha value is -1.81. The number of nitrogens with zero attached hydrogens (tertiary/aromatic N) is 3. The highest BCUT2D eigenvalue weighted by Gasteiger charge is 2.20. The molecular formula is C17H24N4. The predicted molar refractivity (Wildman–Crippen MR) is 85.7 cm³/mol. The summed E-state index contributed by atoms with van der Waals surface area (Å²) in [6.07, 6.45) is 4.38. The minimum atomic E-state index is 0.523. The van der Waals surface area contributed by atoms with E-state index in [2.05, 4.69) is 47.8 Å². The molecule has 1 aliphatic heterocycles. The summed E-state index contributed by atoms with van der Waals surface area (Å²) in [7, 11) is 0. The summed E-state index contributed by atoms with van der Waals surface area (Å²) in [5.41, 5.74) is 10.6. The Labute approximate surface area is 126 Å². The first-order valence-corrected chi connectivity index (χ1v) is 7.83. The minimum absolute atomic E-state index is 0.523. The fourth-order valence-electron chi connectivity index (χ4n) is 3.15. The summed E-state index contributed by atoms with van der Waals surface area (Å²) >= 11 is 0. The lowest BCUT2D eigenvalue weighted by atomic mass is 10.1. The third-order valence-corrected chi connectivity index (χ3v) is 4.38. The Morgan fingerprint density at radius 2 is 1.90 bits per heavy atom. The van der Waals surface area contributed by atoms with Crippen molar-refractivity contribution in [3.05, 3.63) is 47.3 Å². The van der Waals surface area contributed by atoms with Gasteiger partial charge in [0, 0.05) is 31.5 Å². The molecule has 0 atom stereocenters. The van der Waals surface area contributed by atoms with Gasteiger partial charge < -0.3 is 5.73 Å². The SMILES string of the molecule is CCC(CC)n1ccc(CN2Cc3ccc(N)cc3C2)n1. The van der Waals surface area contributed by atoms with Crippen molar-refractivity contribution >= 4 is 5.69 Å². The van der Waals surface area contributed by atoms with E-state index in [0.29, 0.717) is 6.04 Å². The molecule has 2 aromatic rings. The van der Waals surface area contributed by atoms with Crippen LogP contribution >= 0.6 is 0 Å². The van der Waals surface area contributed by atoms with Crippen LogP contribution < -0.4 is 5.73 Å². The van der Waals surface area contributed by atoms with E-state index in [1.165, 1.54) is 11.1 Å². The molecule has 0 amide bonds. The van der Waals surface area contributed by atoms with Gasteiger partial charge in [-0.05, 0) is 42.2 Å². The van der Waals surface area contributed by atoms with E-state index in [4.69, 9.17) is 10.8 Å². The fraction of sp³-hybridized carbons (Fsp3) is 0.471. The van der Waals surface area contributed by atoms with Gasteiger partial charge in [0.2, 0.25) is 0 Å². The molecule has 0 radical (unpaired) electrons. The zero-order valence-corrected chi connectivity index (χ0v) is 12.9. The van der Waals surface area contributed by atoms with Crippen LogP contribution in [0.3, 0.4) is 0 Å². The molecule has 4 heteroatoms. The third-order valence-electron chi connectivity index (χ3n) is 4.38. The van der Waals surface area contributed by atoms with E-state index in [1.807, 2.05) is 6.07 Å². The van der Waals surface area contributed by atoms with Crippen LogP contribution in [0.1, 0.15) is 49.6 Å². The van der Waals surface area contributed by atoms with E-state index >= 15 is 0 Å². The van der Waals surface area contributed by atoms with E-state index in [-0.39, 0.29) is 0 Å². The number of hydrogen-bond acceptors (Lipinski definition) is 3. The molecule has 0 spiro atoms. The average Bonchev–Trinajstić information content (AvgIpc) is 3.07. The van der Waals surface area contributed by atoms with Crippen LogP contribution in [0.5, 0.6) is 0 Å². The number of hydrogen-bond donors (Lipinski definition) is 1. The van der Waals surface area contributed by atoms with Crippen LogP contribution in [0.2, 0.25) is 0 Å². The molecule has 0 unspecified atom stereocenters. The Morgan fingerprint density at radius 1 is 1.14 bits per heavy atom. The zero-order chi connectivity index (χ0) is 14.8. The Balaban J connectivity index is 1.66. The molecule has 0 bridgehead atoms. The fourth-order valence-corrected chi connectivity index (χ4v) is 3.15. The maximum Gasteiger partial charge on any atom is 0.0765 e. The molecule has 1 aromatic heterocycles. The van der Waals surface area contributed by atoms with Crippen molar-refractivity contribution < 1.29 is 0 Å². The van der Waals surface area contributed by atoms with Crippen LogP contribution in [0, 0.1) is 0 Å². The van der Waals surface area contributed by atoms with Crippen LogP contribution in [0.25, 0.3) is 0 Å². The molecule has 0 saturated carbocycles. The largest absolute Gasteiger partial charge is 0.399 e. The van der Waals surface area contributed by atoms with E-state index in [1.54, 1.807) is 0 Å². The normalized spacial score (nSPS) is 14.8. The number of nitrogen functional groups attached to an aromatic ring is 1. The first-order valence-electron chi connectivity index (χ1n) is 7.83. The van der Waals surface area contributed by atoms with Gasteiger partial charge in [0.25, 0.3) is 0 Å². The summed E-state index contributed by atoms with van der Waals surface area (Å²) in [6, 6.07) is 8.90. The van der Waals surface area contributed by atoms with Gasteiger partial charge >= 0.3 is 0 Å². The summed E-state index contributed by atoms with van der Waals surface area (Å²) in [6.45, 7) is 7.31. The van der Waals surface area contributed by atoms with Crippen LogP contribution in [-0.4, -0.2) is 14.7 Å². The number of anilines is 1. The van der Waals surface area contributed by atoms with Gasteiger partial charge in [-0.15, -0.1) is 0 Å². The molecule has 2 heterocycles. The highest BCUT2D eigenvalue weighted by molar-refractivity contribution is 5.46. The first-order chi connectivity index (χ1) is 10.2. The Bertz CT molecular complexity index is 613. The van der Waals surface area contributed by atoms with Crippen LogP contribution in [0.15, 0.2) is 30.5 Å². The second kappa shape index (κ2) is 5.90. The van der Waals surface area contributed by atoms with E-state index in [0.717, 1.165) is 43.9 Å². The molecule has 0 aliphatic carbocycles. The van der Waals surface area contributed by atoms with Gasteiger partial charge in [-0.2, -0.15) is 5.10 Å². The number of rotatable bonds is 5. The lowest BCUT2D eigenvalue weighted by Gasteiger charge is -2.14. The molecule has 4 nitrogen and oxygen atoms in total. The van der Waals surface area contributed by atoms with Gasteiger partial charge in [0.15, 0.2) is 0 Å². The summed E-state index contributed by atoms with van der Waals surface area (Å²) in [5, 5.41) is 4.75. The molecule has 1 aliphatic rings. The number of aromatic nitrogens is 2. The first kappa shape index (κ1) is 14.1. The lowest BCUT2D eigenvalue weighted by Crippen LogP contribution is -2.16. The molecule has 2 N–H and O–H groups in total. The van der Waals surface area contributed by atoms with Gasteiger partial charge in [-0.1, -0.05) is 19.9 Å². The van der Waals surface area contributed by atoms with Gasteiger partial charge in [-0.25, -0.2) is 0 Å². The second-order valence-electron chi connectivity index (χ2n) is 5.93. The average molecular weight is 284 g/mol. The summed E-state index contributed by atoms with van der Waals surface area (Å²) in [4.78, 5) is 2.42. The second-order valence-corrected chi connectivity index (χ2v) is 5.93. The molecule has 21 heavy (non-hydrogen) atoms. The zero-order valence-electron chi connectivity index (χ0n) is 12.9. The minimum Gasteiger partial charge on any atom is -0.399 e. The highest BCUT2D eigenvalue weighted by Crippen LogP contribution is 2.26. The number of benzene rings is 1. The van der Waals surface area contributed by atoms with Gasteiger partial charge in [0.1, 0.15) is 0 Å². The summed E-state index contributed by atoms with van der Waals surface area (Å²) < 4.78 is 2.12. The molecule has 0 fully saturated rings. The molecule has 3 rings (SSSR count). The topological polar surface area (TPSA) is 47.1 Å². The van der Waals surface area contributed by atoms with Gasteiger partial charge in [-0.3, -0.25) is 9.58 Å². The lowest BCUT2D eigenvalue weighted by molar-refractivity contribution is 0.269. The molecular weight excluding hydrogens is 260 g/mol. The van der Waals surface area contributed by atoms with E-state index in [9.17, 15) is 0 Å². The van der Waals surface area contributed by atoms with Gasteiger partial charge in [0.05, 0.1) is 11.7 Å². The molecule has 1 aromatic carbocycles. The Kier molecular flexibility index (Phi) is 3.97.